The van der Waals surface area contributed by atoms with E-state index in [9.17, 15) is 14.4 Å². The van der Waals surface area contributed by atoms with Gasteiger partial charge < -0.3 is 15.4 Å². The van der Waals surface area contributed by atoms with Crippen LogP contribution in [0.15, 0.2) is 78.2 Å². The van der Waals surface area contributed by atoms with Crippen LogP contribution in [-0.2, 0) is 14.3 Å². The Morgan fingerprint density at radius 1 is 1.05 bits per heavy atom. The van der Waals surface area contributed by atoms with E-state index in [-0.39, 0.29) is 28.9 Å². The Morgan fingerprint density at radius 2 is 1.84 bits per heavy atom. The summed E-state index contributed by atoms with van der Waals surface area (Å²) >= 11 is 7.62. The number of aromatic nitrogens is 2. The van der Waals surface area contributed by atoms with Gasteiger partial charge in [-0.15, -0.1) is 0 Å². The van der Waals surface area contributed by atoms with Crippen LogP contribution in [0.1, 0.15) is 24.2 Å². The van der Waals surface area contributed by atoms with E-state index >= 15 is 0 Å². The summed E-state index contributed by atoms with van der Waals surface area (Å²) in [5.74, 6) is -1.21. The van der Waals surface area contributed by atoms with Gasteiger partial charge in [0.25, 0.3) is 5.91 Å². The molecule has 1 heterocycles. The number of rotatable bonds is 9. The molecule has 0 aliphatic carbocycles. The molecule has 4 rings (SSSR count). The van der Waals surface area contributed by atoms with Crippen molar-refractivity contribution in [2.24, 2.45) is 0 Å². The number of benzene rings is 3. The third-order valence-corrected chi connectivity index (χ3v) is 6.91. The van der Waals surface area contributed by atoms with E-state index in [1.165, 1.54) is 37.1 Å². The molecule has 0 fully saturated rings. The summed E-state index contributed by atoms with van der Waals surface area (Å²) in [7, 11) is 0. The Labute approximate surface area is 229 Å². The number of amides is 2. The summed E-state index contributed by atoms with van der Waals surface area (Å²) in [5.41, 5.74) is 2.44. The van der Waals surface area contributed by atoms with Crippen LogP contribution in [0.25, 0.3) is 21.9 Å². The van der Waals surface area contributed by atoms with E-state index < -0.39 is 17.9 Å². The van der Waals surface area contributed by atoms with Crippen molar-refractivity contribution in [1.82, 2.24) is 15.3 Å². The zero-order valence-corrected chi connectivity index (χ0v) is 22.3. The van der Waals surface area contributed by atoms with Crippen LogP contribution in [0.5, 0.6) is 0 Å². The van der Waals surface area contributed by atoms with E-state index in [1.54, 1.807) is 19.2 Å². The summed E-state index contributed by atoms with van der Waals surface area (Å²) in [6.07, 6.45) is 3.21. The lowest BCUT2D eigenvalue weighted by atomic mass is 10.0. The molecule has 0 radical (unpaired) electrons. The fourth-order valence-corrected chi connectivity index (χ4v) is 4.77. The number of hydrogen-bond donors (Lipinski definition) is 2. The number of carbonyl (C=O) groups is 3. The third kappa shape index (κ3) is 6.48. The van der Waals surface area contributed by atoms with Crippen molar-refractivity contribution in [3.63, 3.8) is 0 Å². The number of thioether (sulfide) groups is 1. The van der Waals surface area contributed by atoms with Gasteiger partial charge in [0.05, 0.1) is 23.1 Å². The Morgan fingerprint density at radius 3 is 2.63 bits per heavy atom. The highest BCUT2D eigenvalue weighted by Gasteiger charge is 2.19. The molecule has 3 aromatic carbocycles. The van der Waals surface area contributed by atoms with Gasteiger partial charge in [-0.25, -0.2) is 14.8 Å². The van der Waals surface area contributed by atoms with Crippen molar-refractivity contribution in [2.75, 3.05) is 17.7 Å². The van der Waals surface area contributed by atoms with Gasteiger partial charge >= 0.3 is 5.97 Å². The molecule has 194 valence electrons. The highest BCUT2D eigenvalue weighted by Crippen LogP contribution is 2.34. The van der Waals surface area contributed by atoms with Crippen LogP contribution in [0.3, 0.4) is 0 Å². The zero-order chi connectivity index (χ0) is 27.1. The molecule has 0 spiro atoms. The van der Waals surface area contributed by atoms with Crippen molar-refractivity contribution >= 4 is 57.6 Å². The summed E-state index contributed by atoms with van der Waals surface area (Å²) in [6.45, 7) is 3.45. The minimum atomic E-state index is -0.807. The summed E-state index contributed by atoms with van der Waals surface area (Å²) in [6, 6.07) is 17.8. The maximum absolute atomic E-state index is 12.7. The molecule has 2 N–H and O–H groups in total. The standard InChI is InChI=1S/C28H25ClN4O4S/c1-3-37-28(36)17(2)32-26(35)19-11-12-24(23(29)13-19)33-25(34)15-38-27-22(14-30-16-31-27)21-10-6-8-18-7-4-5-9-20(18)21/h4-14,16-17H,3,15H2,1-2H3,(H,32,35)(H,33,34). The maximum Gasteiger partial charge on any atom is 0.328 e. The van der Waals surface area contributed by atoms with Crippen molar-refractivity contribution in [1.29, 1.82) is 0 Å². The normalized spacial score (nSPS) is 11.6. The van der Waals surface area contributed by atoms with Gasteiger partial charge in [-0.2, -0.15) is 0 Å². The van der Waals surface area contributed by atoms with Crippen molar-refractivity contribution in [3.05, 3.63) is 83.8 Å². The van der Waals surface area contributed by atoms with E-state index in [1.807, 2.05) is 42.5 Å². The largest absolute Gasteiger partial charge is 0.464 e. The molecule has 10 heteroatoms. The number of ether oxygens (including phenoxy) is 1. The van der Waals surface area contributed by atoms with Gasteiger partial charge in [-0.1, -0.05) is 65.8 Å². The molecule has 8 nitrogen and oxygen atoms in total. The van der Waals surface area contributed by atoms with Crippen molar-refractivity contribution in [2.45, 2.75) is 24.9 Å². The fraction of sp³-hybridized carbons (Fsp3) is 0.179. The summed E-state index contributed by atoms with van der Waals surface area (Å²) in [4.78, 5) is 45.5. The van der Waals surface area contributed by atoms with Gasteiger partial charge in [-0.3, -0.25) is 9.59 Å². The molecule has 1 unspecified atom stereocenters. The zero-order valence-electron chi connectivity index (χ0n) is 20.7. The molecule has 0 saturated heterocycles. The lowest BCUT2D eigenvalue weighted by Crippen LogP contribution is -2.39. The lowest BCUT2D eigenvalue weighted by Gasteiger charge is -2.14. The predicted octanol–water partition coefficient (Wildman–Crippen LogP) is 5.36. The minimum absolute atomic E-state index is 0.0877. The van der Waals surface area contributed by atoms with E-state index in [0.717, 1.165) is 21.9 Å². The number of nitrogens with one attached hydrogen (secondary N) is 2. The molecular weight excluding hydrogens is 524 g/mol. The first-order valence-electron chi connectivity index (χ1n) is 11.8. The topological polar surface area (TPSA) is 110 Å². The van der Waals surface area contributed by atoms with Crippen LogP contribution in [0.2, 0.25) is 5.02 Å². The second-order valence-electron chi connectivity index (χ2n) is 8.25. The molecule has 0 aliphatic heterocycles. The SMILES string of the molecule is CCOC(=O)C(C)NC(=O)c1ccc(NC(=O)CSc2ncncc2-c2cccc3ccccc23)c(Cl)c1. The first kappa shape index (κ1) is 27.1. The number of hydrogen-bond acceptors (Lipinski definition) is 7. The van der Waals surface area contributed by atoms with Gasteiger partial charge in [-0.05, 0) is 48.4 Å². The predicted molar refractivity (Wildman–Crippen MR) is 149 cm³/mol. The van der Waals surface area contributed by atoms with Gasteiger partial charge in [0.15, 0.2) is 0 Å². The van der Waals surface area contributed by atoms with Crippen LogP contribution in [-0.4, -0.2) is 46.2 Å². The summed E-state index contributed by atoms with van der Waals surface area (Å²) < 4.78 is 4.90. The number of esters is 1. The molecule has 0 bridgehead atoms. The average Bonchev–Trinajstić information content (AvgIpc) is 2.93. The molecule has 0 aliphatic rings. The van der Waals surface area contributed by atoms with Crippen molar-refractivity contribution < 1.29 is 19.1 Å². The van der Waals surface area contributed by atoms with Gasteiger partial charge in [0.1, 0.15) is 17.4 Å². The first-order valence-corrected chi connectivity index (χ1v) is 13.2. The highest BCUT2D eigenvalue weighted by atomic mass is 35.5. The number of halogens is 1. The Hall–Kier alpha value is -3.95. The molecule has 0 saturated carbocycles. The number of nitrogens with zero attached hydrogens (tertiary/aromatic N) is 2. The van der Waals surface area contributed by atoms with E-state index in [4.69, 9.17) is 16.3 Å². The number of anilines is 1. The van der Waals surface area contributed by atoms with Gasteiger partial charge in [0.2, 0.25) is 5.91 Å². The Kier molecular flexibility index (Phi) is 8.93. The fourth-order valence-electron chi connectivity index (χ4n) is 3.76. The maximum atomic E-state index is 12.7. The molecule has 1 atom stereocenters. The quantitative estimate of drug-likeness (QED) is 0.164. The number of carbonyl (C=O) groups excluding carboxylic acids is 3. The smallest absolute Gasteiger partial charge is 0.328 e. The second-order valence-corrected chi connectivity index (χ2v) is 9.62. The van der Waals surface area contributed by atoms with E-state index in [2.05, 4.69) is 20.6 Å². The van der Waals surface area contributed by atoms with Crippen LogP contribution in [0.4, 0.5) is 5.69 Å². The van der Waals surface area contributed by atoms with Gasteiger partial charge in [0, 0.05) is 17.3 Å². The first-order chi connectivity index (χ1) is 18.4. The highest BCUT2D eigenvalue weighted by molar-refractivity contribution is 8.00. The molecule has 1 aromatic heterocycles. The lowest BCUT2D eigenvalue weighted by molar-refractivity contribution is -0.144. The number of fused-ring (bicyclic) bond motifs is 1. The molecular formula is C28H25ClN4O4S. The second kappa shape index (κ2) is 12.5. The summed E-state index contributed by atoms with van der Waals surface area (Å²) in [5, 5.41) is 8.38. The van der Waals surface area contributed by atoms with E-state index in [0.29, 0.717) is 10.7 Å². The molecule has 38 heavy (non-hydrogen) atoms. The Bertz CT molecular complexity index is 1490. The van der Waals surface area contributed by atoms with Crippen LogP contribution < -0.4 is 10.6 Å². The molecule has 2 amide bonds. The molecule has 4 aromatic rings. The minimum Gasteiger partial charge on any atom is -0.464 e. The van der Waals surface area contributed by atoms with Crippen LogP contribution >= 0.6 is 23.4 Å². The Balaban J connectivity index is 1.41. The third-order valence-electron chi connectivity index (χ3n) is 5.59. The average molecular weight is 549 g/mol. The monoisotopic (exact) mass is 548 g/mol. The van der Waals surface area contributed by atoms with Crippen molar-refractivity contribution in [3.8, 4) is 11.1 Å². The van der Waals surface area contributed by atoms with Crippen LogP contribution in [0, 0.1) is 0 Å².